The van der Waals surface area contributed by atoms with E-state index in [-0.39, 0.29) is 5.78 Å². The average Bonchev–Trinajstić information content (AvgIpc) is 2.32. The molecule has 0 saturated carbocycles. The Labute approximate surface area is 110 Å². The first-order valence-corrected chi connectivity index (χ1v) is 6.13. The van der Waals surface area contributed by atoms with Crippen LogP contribution in [0, 0.1) is 0 Å². The second kappa shape index (κ2) is 5.36. The Morgan fingerprint density at radius 2 is 2.24 bits per heavy atom. The highest BCUT2D eigenvalue weighted by atomic mass is 35.5. The predicted molar refractivity (Wildman–Crippen MR) is 68.0 cm³/mol. The van der Waals surface area contributed by atoms with Crippen LogP contribution in [0.5, 0.6) is 0 Å². The van der Waals surface area contributed by atoms with Gasteiger partial charge in [0.1, 0.15) is 6.10 Å². The topological polar surface area (TPSA) is 29.5 Å². The van der Waals surface area contributed by atoms with E-state index in [1.165, 1.54) is 0 Å². The standard InChI is InChI=1S/C12H13Cl2NO2/c1-15-5-6-17-10(7-15)12(16)8-3-2-4-9(13)11(8)14/h2-4,10H,5-7H2,1H3. The molecule has 0 spiro atoms. The van der Waals surface area contributed by atoms with E-state index >= 15 is 0 Å². The maximum absolute atomic E-state index is 12.2. The number of nitrogens with zero attached hydrogens (tertiary/aromatic N) is 1. The van der Waals surface area contributed by atoms with Gasteiger partial charge in [0.2, 0.25) is 0 Å². The van der Waals surface area contributed by atoms with Crippen LogP contribution >= 0.6 is 23.2 Å². The Kier molecular flexibility index (Phi) is 4.05. The van der Waals surface area contributed by atoms with Gasteiger partial charge < -0.3 is 9.64 Å². The molecule has 0 aromatic heterocycles. The fourth-order valence-corrected chi connectivity index (χ4v) is 2.20. The Hall–Kier alpha value is -0.610. The zero-order chi connectivity index (χ0) is 12.4. The minimum Gasteiger partial charge on any atom is -0.367 e. The van der Waals surface area contributed by atoms with Crippen LogP contribution in [0.3, 0.4) is 0 Å². The van der Waals surface area contributed by atoms with Gasteiger partial charge >= 0.3 is 0 Å². The van der Waals surface area contributed by atoms with Crippen molar-refractivity contribution in [1.29, 1.82) is 0 Å². The molecule has 0 N–H and O–H groups in total. The van der Waals surface area contributed by atoms with Gasteiger partial charge in [0.05, 0.1) is 16.7 Å². The third-order valence-corrected chi connectivity index (χ3v) is 3.60. The molecule has 0 amide bonds. The van der Waals surface area contributed by atoms with Gasteiger partial charge in [-0.25, -0.2) is 0 Å². The minimum atomic E-state index is -0.454. The Morgan fingerprint density at radius 1 is 1.47 bits per heavy atom. The normalized spacial score (nSPS) is 21.5. The molecule has 1 aliphatic rings. The van der Waals surface area contributed by atoms with Crippen LogP contribution in [-0.4, -0.2) is 43.5 Å². The number of hydrogen-bond acceptors (Lipinski definition) is 3. The van der Waals surface area contributed by atoms with E-state index in [1.54, 1.807) is 18.2 Å². The molecular weight excluding hydrogens is 261 g/mol. The van der Waals surface area contributed by atoms with Gasteiger partial charge in [0.15, 0.2) is 5.78 Å². The van der Waals surface area contributed by atoms with Crippen molar-refractivity contribution >= 4 is 29.0 Å². The molecule has 0 aliphatic carbocycles. The maximum atomic E-state index is 12.2. The summed E-state index contributed by atoms with van der Waals surface area (Å²) in [6.45, 7) is 1.99. The molecular formula is C12H13Cl2NO2. The highest BCUT2D eigenvalue weighted by molar-refractivity contribution is 6.44. The Balaban J connectivity index is 2.22. The first-order chi connectivity index (χ1) is 8.09. The second-order valence-electron chi connectivity index (χ2n) is 4.09. The van der Waals surface area contributed by atoms with Gasteiger partial charge in [-0.2, -0.15) is 0 Å². The number of Topliss-reactive ketones (excluding diaryl/α,β-unsaturated/α-hetero) is 1. The molecule has 17 heavy (non-hydrogen) atoms. The van der Waals surface area contributed by atoms with Crippen molar-refractivity contribution in [1.82, 2.24) is 4.90 Å². The van der Waals surface area contributed by atoms with Crippen molar-refractivity contribution in [2.24, 2.45) is 0 Å². The monoisotopic (exact) mass is 273 g/mol. The maximum Gasteiger partial charge on any atom is 0.194 e. The van der Waals surface area contributed by atoms with Crippen molar-refractivity contribution in [3.05, 3.63) is 33.8 Å². The molecule has 5 heteroatoms. The Bertz CT molecular complexity index is 437. The zero-order valence-corrected chi connectivity index (χ0v) is 11.0. The van der Waals surface area contributed by atoms with Crippen molar-refractivity contribution in [2.45, 2.75) is 6.10 Å². The molecule has 1 unspecified atom stereocenters. The SMILES string of the molecule is CN1CCOC(C(=O)c2cccc(Cl)c2Cl)C1. The lowest BCUT2D eigenvalue weighted by atomic mass is 10.0. The quantitative estimate of drug-likeness (QED) is 0.776. The predicted octanol–water partition coefficient (Wildman–Crippen LogP) is 2.51. The van der Waals surface area contributed by atoms with Gasteiger partial charge in [0, 0.05) is 18.7 Å². The van der Waals surface area contributed by atoms with Crippen LogP contribution in [0.2, 0.25) is 10.0 Å². The number of ether oxygens (including phenoxy) is 1. The summed E-state index contributed by atoms with van der Waals surface area (Å²) >= 11 is 11.9. The van der Waals surface area contributed by atoms with Gasteiger partial charge in [-0.15, -0.1) is 0 Å². The van der Waals surface area contributed by atoms with E-state index in [9.17, 15) is 4.79 Å². The largest absolute Gasteiger partial charge is 0.367 e. The number of likely N-dealkylation sites (N-methyl/N-ethyl adjacent to an activating group) is 1. The van der Waals surface area contributed by atoms with Crippen LogP contribution in [0.15, 0.2) is 18.2 Å². The molecule has 1 saturated heterocycles. The molecule has 1 aliphatic heterocycles. The van der Waals surface area contributed by atoms with Gasteiger partial charge in [0.25, 0.3) is 0 Å². The Morgan fingerprint density at radius 3 is 2.94 bits per heavy atom. The molecule has 1 fully saturated rings. The number of carbonyl (C=O) groups excluding carboxylic acids is 1. The molecule has 1 aromatic rings. The van der Waals surface area contributed by atoms with E-state index < -0.39 is 6.10 Å². The molecule has 92 valence electrons. The molecule has 1 atom stereocenters. The highest BCUT2D eigenvalue weighted by Crippen LogP contribution is 2.27. The van der Waals surface area contributed by atoms with E-state index in [2.05, 4.69) is 4.90 Å². The fraction of sp³-hybridized carbons (Fsp3) is 0.417. The number of hydrogen-bond donors (Lipinski definition) is 0. The van der Waals surface area contributed by atoms with Crippen LogP contribution in [-0.2, 0) is 4.74 Å². The van der Waals surface area contributed by atoms with Crippen molar-refractivity contribution in [3.8, 4) is 0 Å². The second-order valence-corrected chi connectivity index (χ2v) is 4.87. The van der Waals surface area contributed by atoms with Crippen LogP contribution in [0.25, 0.3) is 0 Å². The fourth-order valence-electron chi connectivity index (χ4n) is 1.80. The first-order valence-electron chi connectivity index (χ1n) is 5.38. The molecule has 1 heterocycles. The third-order valence-electron chi connectivity index (χ3n) is 2.78. The van der Waals surface area contributed by atoms with Crippen LogP contribution in [0.1, 0.15) is 10.4 Å². The molecule has 0 radical (unpaired) electrons. The molecule has 3 nitrogen and oxygen atoms in total. The summed E-state index contributed by atoms with van der Waals surface area (Å²) in [7, 11) is 1.96. The summed E-state index contributed by atoms with van der Waals surface area (Å²) in [6.07, 6.45) is -0.454. The first kappa shape index (κ1) is 12.8. The highest BCUT2D eigenvalue weighted by Gasteiger charge is 2.27. The van der Waals surface area contributed by atoms with E-state index in [1.807, 2.05) is 7.05 Å². The molecule has 0 bridgehead atoms. The number of rotatable bonds is 2. The summed E-state index contributed by atoms with van der Waals surface area (Å²) in [6, 6.07) is 5.05. The lowest BCUT2D eigenvalue weighted by molar-refractivity contribution is -0.00861. The van der Waals surface area contributed by atoms with Crippen LogP contribution in [0.4, 0.5) is 0 Å². The number of morpholine rings is 1. The average molecular weight is 274 g/mol. The summed E-state index contributed by atoms with van der Waals surface area (Å²) in [5.74, 6) is -0.107. The summed E-state index contributed by atoms with van der Waals surface area (Å²) in [4.78, 5) is 14.3. The van der Waals surface area contributed by atoms with Gasteiger partial charge in [-0.3, -0.25) is 4.79 Å². The molecule has 2 rings (SSSR count). The number of ketones is 1. The van der Waals surface area contributed by atoms with E-state index in [0.717, 1.165) is 6.54 Å². The lowest BCUT2D eigenvalue weighted by Gasteiger charge is -2.29. The van der Waals surface area contributed by atoms with Crippen molar-refractivity contribution in [2.75, 3.05) is 26.7 Å². The summed E-state index contributed by atoms with van der Waals surface area (Å²) in [5.41, 5.74) is 0.430. The van der Waals surface area contributed by atoms with Gasteiger partial charge in [-0.1, -0.05) is 29.3 Å². The number of carbonyl (C=O) groups is 1. The van der Waals surface area contributed by atoms with E-state index in [0.29, 0.717) is 28.8 Å². The number of benzene rings is 1. The number of halogens is 2. The lowest BCUT2D eigenvalue weighted by Crippen LogP contribution is -2.44. The minimum absolute atomic E-state index is 0.107. The summed E-state index contributed by atoms with van der Waals surface area (Å²) < 4.78 is 5.47. The zero-order valence-electron chi connectivity index (χ0n) is 9.45. The van der Waals surface area contributed by atoms with Gasteiger partial charge in [-0.05, 0) is 19.2 Å². The smallest absolute Gasteiger partial charge is 0.194 e. The third kappa shape index (κ3) is 2.80. The van der Waals surface area contributed by atoms with Crippen molar-refractivity contribution in [3.63, 3.8) is 0 Å². The molecule has 1 aromatic carbocycles. The van der Waals surface area contributed by atoms with Crippen LogP contribution < -0.4 is 0 Å². The summed E-state index contributed by atoms with van der Waals surface area (Å²) in [5, 5.41) is 0.692. The van der Waals surface area contributed by atoms with Crippen molar-refractivity contribution < 1.29 is 9.53 Å². The van der Waals surface area contributed by atoms with E-state index in [4.69, 9.17) is 27.9 Å².